The molecule has 0 saturated carbocycles. The van der Waals surface area contributed by atoms with Gasteiger partial charge in [-0.25, -0.2) is 8.42 Å². The van der Waals surface area contributed by atoms with Crippen molar-refractivity contribution in [1.82, 2.24) is 10.2 Å². The van der Waals surface area contributed by atoms with E-state index in [1.54, 1.807) is 0 Å². The van der Waals surface area contributed by atoms with Crippen molar-refractivity contribution < 1.29 is 13.2 Å². The number of benzene rings is 1. The summed E-state index contributed by atoms with van der Waals surface area (Å²) in [7, 11) is 0.801. The van der Waals surface area contributed by atoms with Crippen LogP contribution in [0.2, 0.25) is 0 Å². The summed E-state index contributed by atoms with van der Waals surface area (Å²) in [6.07, 6.45) is 1.14. The summed E-state index contributed by atoms with van der Waals surface area (Å²) in [4.78, 5) is 13.7. The van der Waals surface area contributed by atoms with Gasteiger partial charge >= 0.3 is 0 Å². The van der Waals surface area contributed by atoms with Gasteiger partial charge in [0.05, 0.1) is 11.8 Å². The minimum Gasteiger partial charge on any atom is -0.354 e. The van der Waals surface area contributed by atoms with Crippen LogP contribution in [0.15, 0.2) is 24.3 Å². The highest BCUT2D eigenvalue weighted by molar-refractivity contribution is 7.90. The average Bonchev–Trinajstić information content (AvgIpc) is 2.37. The molecule has 0 fully saturated rings. The predicted octanol–water partition coefficient (Wildman–Crippen LogP) is 1.15. The first kappa shape index (κ1) is 17.7. The molecule has 5 nitrogen and oxygen atoms in total. The third kappa shape index (κ3) is 6.73. The summed E-state index contributed by atoms with van der Waals surface area (Å²) < 4.78 is 22.1. The highest BCUT2D eigenvalue weighted by atomic mass is 32.2. The molecular formula is C15H24N2O3S. The topological polar surface area (TPSA) is 66.5 Å². The molecular weight excluding hydrogens is 288 g/mol. The smallest absolute Gasteiger partial charge is 0.221 e. The maximum atomic E-state index is 11.7. The molecule has 0 aliphatic carbocycles. The number of hydrogen-bond acceptors (Lipinski definition) is 4. The van der Waals surface area contributed by atoms with Gasteiger partial charge in [-0.05, 0) is 26.6 Å². The van der Waals surface area contributed by atoms with Crippen LogP contribution >= 0.6 is 0 Å². The van der Waals surface area contributed by atoms with Gasteiger partial charge in [-0.2, -0.15) is 0 Å². The van der Waals surface area contributed by atoms with Gasteiger partial charge in [0.2, 0.25) is 5.91 Å². The second kappa shape index (κ2) is 7.56. The van der Waals surface area contributed by atoms with E-state index >= 15 is 0 Å². The fraction of sp³-hybridized carbons (Fsp3) is 0.533. The quantitative estimate of drug-likeness (QED) is 0.820. The monoisotopic (exact) mass is 312 g/mol. The van der Waals surface area contributed by atoms with Crippen molar-refractivity contribution in [2.75, 3.05) is 32.6 Å². The van der Waals surface area contributed by atoms with E-state index in [2.05, 4.69) is 5.32 Å². The number of nitrogens with one attached hydrogen (secondary N) is 1. The minimum absolute atomic E-state index is 0.00683. The van der Waals surface area contributed by atoms with Gasteiger partial charge in [-0.3, -0.25) is 4.79 Å². The fourth-order valence-electron chi connectivity index (χ4n) is 1.96. The van der Waals surface area contributed by atoms with E-state index in [0.717, 1.165) is 11.8 Å². The second-order valence-electron chi connectivity index (χ2n) is 5.57. The third-order valence-corrected chi connectivity index (χ3v) is 4.22. The molecule has 1 atom stereocenters. The Morgan fingerprint density at radius 2 is 1.81 bits per heavy atom. The molecule has 118 valence electrons. The lowest BCUT2D eigenvalue weighted by molar-refractivity contribution is -0.120. The predicted molar refractivity (Wildman–Crippen MR) is 84.9 cm³/mol. The van der Waals surface area contributed by atoms with Gasteiger partial charge in [0, 0.05) is 19.2 Å². The summed E-state index contributed by atoms with van der Waals surface area (Å²) in [5.74, 6) is -0.352. The molecule has 0 aliphatic rings. The molecule has 1 aromatic carbocycles. The van der Waals surface area contributed by atoms with Crippen molar-refractivity contribution in [2.24, 2.45) is 0 Å². The number of rotatable bonds is 7. The third-order valence-electron chi connectivity index (χ3n) is 3.28. The SMILES string of the molecule is Cc1ccc(C(CNC(=O)CCS(C)(=O)=O)N(C)C)cc1. The van der Waals surface area contributed by atoms with Crippen molar-refractivity contribution in [1.29, 1.82) is 0 Å². The number of nitrogens with zero attached hydrogens (tertiary/aromatic N) is 1. The van der Waals surface area contributed by atoms with Crippen LogP contribution < -0.4 is 5.32 Å². The zero-order valence-electron chi connectivity index (χ0n) is 13.1. The van der Waals surface area contributed by atoms with Gasteiger partial charge < -0.3 is 10.2 Å². The highest BCUT2D eigenvalue weighted by Crippen LogP contribution is 2.17. The first-order valence-corrected chi connectivity index (χ1v) is 8.92. The number of likely N-dealkylation sites (N-methyl/N-ethyl adjacent to an activating group) is 1. The van der Waals surface area contributed by atoms with E-state index in [1.807, 2.05) is 50.2 Å². The van der Waals surface area contributed by atoms with E-state index in [0.29, 0.717) is 6.54 Å². The molecule has 6 heteroatoms. The Balaban J connectivity index is 2.60. The van der Waals surface area contributed by atoms with E-state index < -0.39 is 9.84 Å². The number of hydrogen-bond donors (Lipinski definition) is 1. The van der Waals surface area contributed by atoms with Crippen LogP contribution in [0.4, 0.5) is 0 Å². The van der Waals surface area contributed by atoms with Crippen LogP contribution in [0.1, 0.15) is 23.6 Å². The number of aryl methyl sites for hydroxylation is 1. The fourth-order valence-corrected chi connectivity index (χ4v) is 2.52. The van der Waals surface area contributed by atoms with Crippen LogP contribution in [0.3, 0.4) is 0 Å². The molecule has 1 N–H and O–H groups in total. The van der Waals surface area contributed by atoms with Gasteiger partial charge in [-0.15, -0.1) is 0 Å². The summed E-state index contributed by atoms with van der Waals surface area (Å²) >= 11 is 0. The lowest BCUT2D eigenvalue weighted by atomic mass is 10.0. The van der Waals surface area contributed by atoms with Crippen LogP contribution in [-0.2, 0) is 14.6 Å². The number of sulfone groups is 1. The van der Waals surface area contributed by atoms with Crippen molar-refractivity contribution >= 4 is 15.7 Å². The van der Waals surface area contributed by atoms with Gasteiger partial charge in [0.1, 0.15) is 9.84 Å². The molecule has 0 aliphatic heterocycles. The summed E-state index contributed by atoms with van der Waals surface area (Å²) in [6.45, 7) is 2.49. The average molecular weight is 312 g/mol. The number of amides is 1. The zero-order chi connectivity index (χ0) is 16.0. The van der Waals surface area contributed by atoms with E-state index in [9.17, 15) is 13.2 Å². The van der Waals surface area contributed by atoms with Gasteiger partial charge in [0.15, 0.2) is 0 Å². The Hall–Kier alpha value is -1.40. The van der Waals surface area contributed by atoms with Crippen molar-refractivity contribution in [3.8, 4) is 0 Å². The Bertz CT molecular complexity index is 565. The maximum Gasteiger partial charge on any atom is 0.221 e. The lowest BCUT2D eigenvalue weighted by Crippen LogP contribution is -2.35. The molecule has 0 bridgehead atoms. The lowest BCUT2D eigenvalue weighted by Gasteiger charge is -2.25. The second-order valence-corrected chi connectivity index (χ2v) is 7.83. The van der Waals surface area contributed by atoms with Crippen molar-refractivity contribution in [3.63, 3.8) is 0 Å². The molecule has 1 rings (SSSR count). The van der Waals surface area contributed by atoms with E-state index in [-0.39, 0.29) is 24.1 Å². The van der Waals surface area contributed by atoms with Gasteiger partial charge in [-0.1, -0.05) is 29.8 Å². The maximum absolute atomic E-state index is 11.7. The first-order valence-electron chi connectivity index (χ1n) is 6.86. The molecule has 0 heterocycles. The molecule has 1 amide bonds. The molecule has 1 unspecified atom stereocenters. The normalized spacial score (nSPS) is 13.2. The van der Waals surface area contributed by atoms with Crippen molar-refractivity contribution in [3.05, 3.63) is 35.4 Å². The van der Waals surface area contributed by atoms with Crippen LogP contribution in [-0.4, -0.2) is 51.9 Å². The Morgan fingerprint density at radius 3 is 2.29 bits per heavy atom. The van der Waals surface area contributed by atoms with E-state index in [1.165, 1.54) is 5.56 Å². The molecule has 1 aromatic rings. The molecule has 21 heavy (non-hydrogen) atoms. The molecule has 0 saturated heterocycles. The number of carbonyl (C=O) groups excluding carboxylic acids is 1. The van der Waals surface area contributed by atoms with E-state index in [4.69, 9.17) is 0 Å². The number of carbonyl (C=O) groups is 1. The minimum atomic E-state index is -3.10. The summed E-state index contributed by atoms with van der Waals surface area (Å²) in [6, 6.07) is 8.23. The van der Waals surface area contributed by atoms with Crippen LogP contribution in [0.5, 0.6) is 0 Å². The molecule has 0 aromatic heterocycles. The van der Waals surface area contributed by atoms with Gasteiger partial charge in [0.25, 0.3) is 0 Å². The standard InChI is InChI=1S/C15H24N2O3S/c1-12-5-7-13(8-6-12)14(17(2)3)11-16-15(18)9-10-21(4,19)20/h5-8,14H,9-11H2,1-4H3,(H,16,18). The summed E-state index contributed by atoms with van der Waals surface area (Å²) in [5.41, 5.74) is 2.31. The molecule has 0 spiro atoms. The Morgan fingerprint density at radius 1 is 1.24 bits per heavy atom. The molecule has 0 radical (unpaired) electrons. The first-order chi connectivity index (χ1) is 9.69. The van der Waals surface area contributed by atoms with Crippen LogP contribution in [0, 0.1) is 6.92 Å². The van der Waals surface area contributed by atoms with Crippen molar-refractivity contribution in [2.45, 2.75) is 19.4 Å². The Kier molecular flexibility index (Phi) is 6.36. The zero-order valence-corrected chi connectivity index (χ0v) is 13.9. The summed E-state index contributed by atoms with van der Waals surface area (Å²) in [5, 5.41) is 2.80. The Labute approximate surface area is 127 Å². The van der Waals surface area contributed by atoms with Crippen LogP contribution in [0.25, 0.3) is 0 Å². The largest absolute Gasteiger partial charge is 0.354 e. The highest BCUT2D eigenvalue weighted by Gasteiger charge is 2.15.